The van der Waals surface area contributed by atoms with Crippen LogP contribution in [0, 0.1) is 17.8 Å². The first-order chi connectivity index (χ1) is 9.49. The van der Waals surface area contributed by atoms with E-state index in [1.807, 2.05) is 0 Å². The SMILES string of the molecule is CC1CCCC2C(=O)N(c3cc(Cl)cc(Cl)c3)C(=O)C12. The van der Waals surface area contributed by atoms with E-state index in [9.17, 15) is 9.59 Å². The van der Waals surface area contributed by atoms with Crippen molar-refractivity contribution in [1.82, 2.24) is 0 Å². The normalized spacial score (nSPS) is 29.8. The quantitative estimate of drug-likeness (QED) is 0.737. The van der Waals surface area contributed by atoms with Gasteiger partial charge in [0, 0.05) is 10.0 Å². The van der Waals surface area contributed by atoms with E-state index in [-0.39, 0.29) is 29.6 Å². The molecule has 1 aliphatic carbocycles. The Morgan fingerprint density at radius 1 is 1.05 bits per heavy atom. The molecule has 0 N–H and O–H groups in total. The summed E-state index contributed by atoms with van der Waals surface area (Å²) in [6.45, 7) is 2.05. The van der Waals surface area contributed by atoms with Crippen LogP contribution >= 0.6 is 23.2 Å². The molecule has 3 atom stereocenters. The molecule has 1 heterocycles. The minimum atomic E-state index is -0.186. The number of halogens is 2. The number of anilines is 1. The molecule has 106 valence electrons. The lowest BCUT2D eigenvalue weighted by molar-refractivity contribution is -0.123. The zero-order valence-corrected chi connectivity index (χ0v) is 12.6. The first kappa shape index (κ1) is 13.9. The molecule has 3 unspecified atom stereocenters. The Labute approximate surface area is 127 Å². The van der Waals surface area contributed by atoms with Crippen LogP contribution in [0.1, 0.15) is 26.2 Å². The highest BCUT2D eigenvalue weighted by atomic mass is 35.5. The summed E-state index contributed by atoms with van der Waals surface area (Å²) < 4.78 is 0. The van der Waals surface area contributed by atoms with E-state index < -0.39 is 0 Å². The van der Waals surface area contributed by atoms with Gasteiger partial charge in [0.05, 0.1) is 17.5 Å². The molecule has 1 aromatic rings. The number of benzene rings is 1. The molecule has 2 fully saturated rings. The van der Waals surface area contributed by atoms with Crippen molar-refractivity contribution < 1.29 is 9.59 Å². The van der Waals surface area contributed by atoms with E-state index in [0.29, 0.717) is 15.7 Å². The molecule has 0 spiro atoms. The smallest absolute Gasteiger partial charge is 0.237 e. The van der Waals surface area contributed by atoms with Gasteiger partial charge in [0.1, 0.15) is 0 Å². The molecule has 0 aromatic heterocycles. The van der Waals surface area contributed by atoms with Gasteiger partial charge in [0.15, 0.2) is 0 Å². The number of fused-ring (bicyclic) bond motifs is 1. The lowest BCUT2D eigenvalue weighted by Crippen LogP contribution is -2.31. The Balaban J connectivity index is 2.01. The molecule has 1 aromatic carbocycles. The van der Waals surface area contributed by atoms with Gasteiger partial charge < -0.3 is 0 Å². The maximum atomic E-state index is 12.6. The van der Waals surface area contributed by atoms with Gasteiger partial charge in [-0.05, 0) is 37.0 Å². The summed E-state index contributed by atoms with van der Waals surface area (Å²) in [6, 6.07) is 4.82. The maximum absolute atomic E-state index is 12.6. The molecule has 2 aliphatic rings. The van der Waals surface area contributed by atoms with Gasteiger partial charge in [-0.15, -0.1) is 0 Å². The highest BCUT2D eigenvalue weighted by Gasteiger charge is 2.51. The van der Waals surface area contributed by atoms with Crippen LogP contribution in [-0.2, 0) is 9.59 Å². The number of imide groups is 1. The van der Waals surface area contributed by atoms with Crippen LogP contribution in [0.2, 0.25) is 10.0 Å². The summed E-state index contributed by atoms with van der Waals surface area (Å²) in [5.74, 6) is -0.321. The van der Waals surface area contributed by atoms with Crippen LogP contribution in [0.25, 0.3) is 0 Å². The predicted molar refractivity (Wildman–Crippen MR) is 79.0 cm³/mol. The molecule has 20 heavy (non-hydrogen) atoms. The third kappa shape index (κ3) is 2.13. The van der Waals surface area contributed by atoms with Crippen LogP contribution in [0.4, 0.5) is 5.69 Å². The van der Waals surface area contributed by atoms with Crippen LogP contribution < -0.4 is 4.90 Å². The van der Waals surface area contributed by atoms with Crippen molar-refractivity contribution in [2.24, 2.45) is 17.8 Å². The highest BCUT2D eigenvalue weighted by molar-refractivity contribution is 6.35. The summed E-state index contributed by atoms with van der Waals surface area (Å²) >= 11 is 11.9. The van der Waals surface area contributed by atoms with Crippen molar-refractivity contribution in [1.29, 1.82) is 0 Å². The van der Waals surface area contributed by atoms with Gasteiger partial charge in [-0.1, -0.05) is 36.5 Å². The molecule has 3 rings (SSSR count). The standard InChI is InChI=1S/C15H15Cl2NO2/c1-8-3-2-4-12-13(8)15(20)18(14(12)19)11-6-9(16)5-10(17)7-11/h5-8,12-13H,2-4H2,1H3. The van der Waals surface area contributed by atoms with Crippen LogP contribution in [0.15, 0.2) is 18.2 Å². The number of nitrogens with zero attached hydrogens (tertiary/aromatic N) is 1. The first-order valence-corrected chi connectivity index (χ1v) is 7.58. The lowest BCUT2D eigenvalue weighted by Gasteiger charge is -2.27. The summed E-state index contributed by atoms with van der Waals surface area (Å²) in [6.07, 6.45) is 2.81. The molecule has 1 saturated heterocycles. The molecule has 3 nitrogen and oxygen atoms in total. The number of carbonyl (C=O) groups excluding carboxylic acids is 2. The van der Waals surface area contributed by atoms with E-state index in [1.54, 1.807) is 18.2 Å². The van der Waals surface area contributed by atoms with Gasteiger partial charge in [0.2, 0.25) is 11.8 Å². The Hall–Kier alpha value is -1.06. The van der Waals surface area contributed by atoms with E-state index in [0.717, 1.165) is 19.3 Å². The Morgan fingerprint density at radius 3 is 2.30 bits per heavy atom. The van der Waals surface area contributed by atoms with Gasteiger partial charge in [-0.25, -0.2) is 4.90 Å². The fourth-order valence-electron chi connectivity index (χ4n) is 3.45. The topological polar surface area (TPSA) is 37.4 Å². The highest BCUT2D eigenvalue weighted by Crippen LogP contribution is 2.43. The molecular weight excluding hydrogens is 297 g/mol. The number of rotatable bonds is 1. The molecular formula is C15H15Cl2NO2. The average Bonchev–Trinajstić information content (AvgIpc) is 2.61. The molecule has 1 saturated carbocycles. The molecule has 1 aliphatic heterocycles. The van der Waals surface area contributed by atoms with Crippen molar-refractivity contribution in [3.8, 4) is 0 Å². The van der Waals surface area contributed by atoms with E-state index >= 15 is 0 Å². The maximum Gasteiger partial charge on any atom is 0.237 e. The van der Waals surface area contributed by atoms with Crippen molar-refractivity contribution in [3.05, 3.63) is 28.2 Å². The number of carbonyl (C=O) groups is 2. The Kier molecular flexibility index (Phi) is 3.51. The molecule has 2 amide bonds. The summed E-state index contributed by atoms with van der Waals surface area (Å²) in [5.41, 5.74) is 0.485. The fraction of sp³-hybridized carbons (Fsp3) is 0.467. The number of hydrogen-bond acceptors (Lipinski definition) is 2. The average molecular weight is 312 g/mol. The first-order valence-electron chi connectivity index (χ1n) is 6.83. The van der Waals surface area contributed by atoms with Gasteiger partial charge in [0.25, 0.3) is 0 Å². The van der Waals surface area contributed by atoms with Gasteiger partial charge in [-0.3, -0.25) is 9.59 Å². The summed E-state index contributed by atoms with van der Waals surface area (Å²) in [7, 11) is 0. The van der Waals surface area contributed by atoms with E-state index in [1.165, 1.54) is 4.90 Å². The third-order valence-corrected chi connectivity index (χ3v) is 4.81. The summed E-state index contributed by atoms with van der Waals surface area (Å²) in [4.78, 5) is 26.4. The van der Waals surface area contributed by atoms with Crippen molar-refractivity contribution in [3.63, 3.8) is 0 Å². The largest absolute Gasteiger partial charge is 0.274 e. The lowest BCUT2D eigenvalue weighted by atomic mass is 9.74. The van der Waals surface area contributed by atoms with E-state index in [2.05, 4.69) is 6.92 Å². The molecule has 0 radical (unpaired) electrons. The van der Waals surface area contributed by atoms with E-state index in [4.69, 9.17) is 23.2 Å². The second-order valence-corrected chi connectivity index (χ2v) is 6.55. The van der Waals surface area contributed by atoms with Crippen molar-refractivity contribution >= 4 is 40.7 Å². The Morgan fingerprint density at radius 2 is 1.70 bits per heavy atom. The fourth-order valence-corrected chi connectivity index (χ4v) is 3.97. The van der Waals surface area contributed by atoms with Crippen LogP contribution in [-0.4, -0.2) is 11.8 Å². The van der Waals surface area contributed by atoms with Gasteiger partial charge in [-0.2, -0.15) is 0 Å². The second-order valence-electron chi connectivity index (χ2n) is 5.68. The van der Waals surface area contributed by atoms with Crippen molar-refractivity contribution in [2.75, 3.05) is 4.90 Å². The second kappa shape index (κ2) is 5.05. The van der Waals surface area contributed by atoms with Crippen LogP contribution in [0.5, 0.6) is 0 Å². The molecule has 0 bridgehead atoms. The zero-order valence-electron chi connectivity index (χ0n) is 11.1. The predicted octanol–water partition coefficient (Wildman–Crippen LogP) is 3.92. The monoisotopic (exact) mass is 311 g/mol. The van der Waals surface area contributed by atoms with Gasteiger partial charge >= 0.3 is 0 Å². The van der Waals surface area contributed by atoms with Crippen molar-refractivity contribution in [2.45, 2.75) is 26.2 Å². The summed E-state index contributed by atoms with van der Waals surface area (Å²) in [5, 5.41) is 0.854. The zero-order chi connectivity index (χ0) is 14.4. The number of amides is 2. The third-order valence-electron chi connectivity index (χ3n) is 4.37. The minimum absolute atomic E-state index is 0.106. The number of hydrogen-bond donors (Lipinski definition) is 0. The van der Waals surface area contributed by atoms with Crippen LogP contribution in [0.3, 0.4) is 0 Å². The Bertz CT molecular complexity index is 567. The minimum Gasteiger partial charge on any atom is -0.274 e. The molecule has 5 heteroatoms.